The summed E-state index contributed by atoms with van der Waals surface area (Å²) in [5.74, 6) is 0. The zero-order valence-corrected chi connectivity index (χ0v) is 9.83. The molecule has 0 radical (unpaired) electrons. The molecule has 0 aliphatic carbocycles. The second-order valence-electron chi connectivity index (χ2n) is 2.67. The molecule has 0 amide bonds. The topological polar surface area (TPSA) is 6.48 Å². The fraction of sp³-hybridized carbons (Fsp3) is 0.750. The van der Waals surface area contributed by atoms with Gasteiger partial charge < -0.3 is 9.80 Å². The van der Waals surface area contributed by atoms with Crippen molar-refractivity contribution in [2.75, 3.05) is 19.8 Å². The van der Waals surface area contributed by atoms with Gasteiger partial charge >= 0.3 is 0 Å². The molecule has 3 heteroatoms. The van der Waals surface area contributed by atoms with E-state index in [0.717, 1.165) is 19.8 Å². The number of allylic oxidation sites excluding steroid dienone is 1. The van der Waals surface area contributed by atoms with Gasteiger partial charge in [-0.25, -0.2) is 0 Å². The Hall–Kier alpha value is 0.0700. The van der Waals surface area contributed by atoms with E-state index in [4.69, 9.17) is 0 Å². The van der Waals surface area contributed by atoms with Gasteiger partial charge in [-0.2, -0.15) is 0 Å². The first-order chi connectivity index (χ1) is 4.77. The van der Waals surface area contributed by atoms with Crippen LogP contribution in [0.4, 0.5) is 0 Å². The van der Waals surface area contributed by atoms with Crippen LogP contribution in [0.15, 0.2) is 11.9 Å². The van der Waals surface area contributed by atoms with Crippen molar-refractivity contribution in [2.45, 2.75) is 20.8 Å². The summed E-state index contributed by atoms with van der Waals surface area (Å²) in [6, 6.07) is 0. The van der Waals surface area contributed by atoms with Gasteiger partial charge in [0.1, 0.15) is 0 Å². The summed E-state index contributed by atoms with van der Waals surface area (Å²) in [7, 11) is 0. The second kappa shape index (κ2) is 4.85. The van der Waals surface area contributed by atoms with Gasteiger partial charge in [-0.05, 0) is 20.8 Å². The average molecular weight is 268 g/mol. The minimum absolute atomic E-state index is 0. The molecule has 66 valence electrons. The van der Waals surface area contributed by atoms with Crippen LogP contribution in [0.25, 0.3) is 0 Å². The van der Waals surface area contributed by atoms with Gasteiger partial charge in [0.2, 0.25) is 0 Å². The largest absolute Gasteiger partial charge is 0.359 e. The molecule has 0 spiro atoms. The molecular formula is C8H17IN2. The highest BCUT2D eigenvalue weighted by Gasteiger charge is 2.13. The van der Waals surface area contributed by atoms with E-state index in [-0.39, 0.29) is 24.0 Å². The number of nitrogens with zero attached hydrogens (tertiary/aromatic N) is 2. The van der Waals surface area contributed by atoms with Crippen molar-refractivity contribution in [2.24, 2.45) is 0 Å². The van der Waals surface area contributed by atoms with E-state index in [2.05, 4.69) is 36.8 Å². The lowest BCUT2D eigenvalue weighted by Gasteiger charge is -2.19. The fourth-order valence-corrected chi connectivity index (χ4v) is 1.26. The summed E-state index contributed by atoms with van der Waals surface area (Å²) in [6.07, 6.45) is 2.23. The van der Waals surface area contributed by atoms with Gasteiger partial charge in [-0.1, -0.05) is 0 Å². The smallest absolute Gasteiger partial charge is 0.0895 e. The molecule has 0 aromatic carbocycles. The molecule has 0 saturated carbocycles. The summed E-state index contributed by atoms with van der Waals surface area (Å²) >= 11 is 0. The zero-order chi connectivity index (χ0) is 7.56. The molecule has 0 aromatic rings. The normalized spacial score (nSPS) is 16.5. The summed E-state index contributed by atoms with van der Waals surface area (Å²) in [5, 5.41) is 0. The Kier molecular flexibility index (Phi) is 4.88. The minimum atomic E-state index is 0. The lowest BCUT2D eigenvalue weighted by Crippen LogP contribution is -2.25. The molecule has 1 aliphatic heterocycles. The third-order valence-electron chi connectivity index (χ3n) is 2.01. The molecule has 1 heterocycles. The van der Waals surface area contributed by atoms with Gasteiger partial charge in [-0.3, -0.25) is 0 Å². The highest BCUT2D eigenvalue weighted by atomic mass is 127. The number of halogens is 1. The summed E-state index contributed by atoms with van der Waals surface area (Å²) in [5.41, 5.74) is 1.39. The van der Waals surface area contributed by atoms with Gasteiger partial charge in [0.05, 0.1) is 6.67 Å². The molecule has 2 nitrogen and oxygen atoms in total. The van der Waals surface area contributed by atoms with E-state index in [1.807, 2.05) is 0 Å². The molecule has 0 unspecified atom stereocenters. The van der Waals surface area contributed by atoms with Crippen LogP contribution < -0.4 is 0 Å². The molecule has 0 N–H and O–H groups in total. The number of hydrogen-bond acceptors (Lipinski definition) is 2. The van der Waals surface area contributed by atoms with Crippen molar-refractivity contribution in [1.29, 1.82) is 0 Å². The van der Waals surface area contributed by atoms with Crippen molar-refractivity contribution in [1.82, 2.24) is 9.80 Å². The standard InChI is InChI=1S/C8H16N2.HI/c1-4-9-6-8(3)10(5-2)7-9;/h6H,4-5,7H2,1-3H3;1H. The Morgan fingerprint density at radius 2 is 2.00 bits per heavy atom. The Morgan fingerprint density at radius 3 is 2.27 bits per heavy atom. The van der Waals surface area contributed by atoms with Gasteiger partial charge in [-0.15, -0.1) is 24.0 Å². The molecular weight excluding hydrogens is 251 g/mol. The van der Waals surface area contributed by atoms with Gasteiger partial charge in [0, 0.05) is 25.0 Å². The van der Waals surface area contributed by atoms with Crippen LogP contribution >= 0.6 is 24.0 Å². The van der Waals surface area contributed by atoms with E-state index >= 15 is 0 Å². The molecule has 0 aromatic heterocycles. The van der Waals surface area contributed by atoms with Crippen molar-refractivity contribution < 1.29 is 0 Å². The maximum atomic E-state index is 2.36. The third-order valence-corrected chi connectivity index (χ3v) is 2.01. The fourth-order valence-electron chi connectivity index (χ4n) is 1.26. The Morgan fingerprint density at radius 1 is 1.36 bits per heavy atom. The Balaban J connectivity index is 0.000001000. The van der Waals surface area contributed by atoms with Crippen molar-refractivity contribution in [3.8, 4) is 0 Å². The predicted molar refractivity (Wildman–Crippen MR) is 58.8 cm³/mol. The molecule has 0 saturated heterocycles. The van der Waals surface area contributed by atoms with E-state index in [1.165, 1.54) is 5.70 Å². The monoisotopic (exact) mass is 268 g/mol. The second-order valence-corrected chi connectivity index (χ2v) is 2.67. The number of hydrogen-bond donors (Lipinski definition) is 0. The quantitative estimate of drug-likeness (QED) is 0.707. The van der Waals surface area contributed by atoms with Gasteiger partial charge in [0.25, 0.3) is 0 Å². The molecule has 0 fully saturated rings. The first kappa shape index (κ1) is 11.1. The van der Waals surface area contributed by atoms with Crippen LogP contribution in [0.1, 0.15) is 20.8 Å². The van der Waals surface area contributed by atoms with Crippen LogP contribution in [0, 0.1) is 0 Å². The van der Waals surface area contributed by atoms with Crippen LogP contribution in [-0.4, -0.2) is 29.6 Å². The summed E-state index contributed by atoms with van der Waals surface area (Å²) in [6.45, 7) is 9.87. The number of rotatable bonds is 2. The highest BCUT2D eigenvalue weighted by molar-refractivity contribution is 14.0. The Bertz CT molecular complexity index is 145. The zero-order valence-electron chi connectivity index (χ0n) is 7.50. The SMILES string of the molecule is CCN1C=C(C)N(CC)C1.I. The molecule has 0 atom stereocenters. The Labute approximate surface area is 86.3 Å². The van der Waals surface area contributed by atoms with Crippen LogP contribution in [0.5, 0.6) is 0 Å². The average Bonchev–Trinajstić information content (AvgIpc) is 2.30. The van der Waals surface area contributed by atoms with Gasteiger partial charge in [0.15, 0.2) is 0 Å². The third kappa shape index (κ3) is 2.54. The predicted octanol–water partition coefficient (Wildman–Crippen LogP) is 2.08. The van der Waals surface area contributed by atoms with E-state index in [0.29, 0.717) is 0 Å². The minimum Gasteiger partial charge on any atom is -0.359 e. The first-order valence-electron chi connectivity index (χ1n) is 3.95. The van der Waals surface area contributed by atoms with E-state index in [1.54, 1.807) is 0 Å². The molecule has 1 rings (SSSR count). The molecule has 11 heavy (non-hydrogen) atoms. The maximum Gasteiger partial charge on any atom is 0.0895 e. The lowest BCUT2D eigenvalue weighted by atomic mass is 10.5. The van der Waals surface area contributed by atoms with Crippen LogP contribution in [-0.2, 0) is 0 Å². The van der Waals surface area contributed by atoms with Crippen molar-refractivity contribution in [3.63, 3.8) is 0 Å². The molecule has 1 aliphatic rings. The maximum absolute atomic E-state index is 2.36. The van der Waals surface area contributed by atoms with Crippen LogP contribution in [0.2, 0.25) is 0 Å². The summed E-state index contributed by atoms with van der Waals surface area (Å²) < 4.78 is 0. The summed E-state index contributed by atoms with van der Waals surface area (Å²) in [4.78, 5) is 4.68. The molecule has 0 bridgehead atoms. The lowest BCUT2D eigenvalue weighted by molar-refractivity contribution is 0.272. The highest BCUT2D eigenvalue weighted by Crippen LogP contribution is 2.13. The van der Waals surface area contributed by atoms with Crippen molar-refractivity contribution in [3.05, 3.63) is 11.9 Å². The van der Waals surface area contributed by atoms with E-state index < -0.39 is 0 Å². The van der Waals surface area contributed by atoms with E-state index in [9.17, 15) is 0 Å². The first-order valence-corrected chi connectivity index (χ1v) is 3.95. The van der Waals surface area contributed by atoms with Crippen molar-refractivity contribution >= 4 is 24.0 Å². The van der Waals surface area contributed by atoms with Crippen LogP contribution in [0.3, 0.4) is 0 Å².